The van der Waals surface area contributed by atoms with E-state index in [1.165, 1.54) is 32.4 Å². The van der Waals surface area contributed by atoms with Gasteiger partial charge in [0.2, 0.25) is 0 Å². The highest BCUT2D eigenvalue weighted by Crippen LogP contribution is 2.18. The van der Waals surface area contributed by atoms with Crippen LogP contribution in [0.2, 0.25) is 0 Å². The number of piperidine rings is 1. The molecule has 0 aliphatic carbocycles. The Morgan fingerprint density at radius 3 is 2.93 bits per heavy atom. The van der Waals surface area contributed by atoms with Gasteiger partial charge < -0.3 is 9.84 Å². The van der Waals surface area contributed by atoms with Crippen LogP contribution < -0.4 is 5.32 Å². The van der Waals surface area contributed by atoms with E-state index in [4.69, 9.17) is 4.52 Å². The van der Waals surface area contributed by atoms with Gasteiger partial charge in [0, 0.05) is 12.5 Å². The van der Waals surface area contributed by atoms with E-state index in [2.05, 4.69) is 10.5 Å². The van der Waals surface area contributed by atoms with Crippen LogP contribution in [0.1, 0.15) is 30.7 Å². The summed E-state index contributed by atoms with van der Waals surface area (Å²) < 4.78 is 5.19. The van der Waals surface area contributed by atoms with Gasteiger partial charge in [-0.25, -0.2) is 0 Å². The lowest BCUT2D eigenvalue weighted by Gasteiger charge is -2.21. The molecule has 1 aliphatic heterocycles. The minimum Gasteiger partial charge on any atom is -0.361 e. The fourth-order valence-corrected chi connectivity index (χ4v) is 2.05. The molecule has 0 atom stereocenters. The number of nitrogens with zero attached hydrogens (tertiary/aromatic N) is 1. The minimum absolute atomic E-state index is 0.877. The summed E-state index contributed by atoms with van der Waals surface area (Å²) in [6.45, 7) is 4.33. The van der Waals surface area contributed by atoms with Crippen molar-refractivity contribution in [2.24, 2.45) is 5.92 Å². The average molecular weight is 194 g/mol. The van der Waals surface area contributed by atoms with E-state index in [-0.39, 0.29) is 0 Å². The van der Waals surface area contributed by atoms with Crippen molar-refractivity contribution >= 4 is 0 Å². The van der Waals surface area contributed by atoms with Gasteiger partial charge >= 0.3 is 0 Å². The van der Waals surface area contributed by atoms with E-state index < -0.39 is 0 Å². The van der Waals surface area contributed by atoms with Gasteiger partial charge in [-0.3, -0.25) is 0 Å². The van der Waals surface area contributed by atoms with Crippen molar-refractivity contribution in [1.82, 2.24) is 10.5 Å². The Hall–Kier alpha value is -0.830. The molecule has 2 rings (SSSR count). The zero-order valence-electron chi connectivity index (χ0n) is 8.75. The number of hydrogen-bond acceptors (Lipinski definition) is 3. The number of rotatable bonds is 3. The molecule has 0 amide bonds. The van der Waals surface area contributed by atoms with Crippen LogP contribution >= 0.6 is 0 Å². The smallest absolute Gasteiger partial charge is 0.137 e. The van der Waals surface area contributed by atoms with Crippen molar-refractivity contribution in [3.8, 4) is 0 Å². The van der Waals surface area contributed by atoms with Crippen molar-refractivity contribution in [3.63, 3.8) is 0 Å². The molecule has 0 unspecified atom stereocenters. The van der Waals surface area contributed by atoms with Crippen LogP contribution in [0.15, 0.2) is 10.6 Å². The maximum absolute atomic E-state index is 5.19. The molecule has 3 heteroatoms. The summed E-state index contributed by atoms with van der Waals surface area (Å²) in [5, 5.41) is 7.27. The van der Waals surface area contributed by atoms with Crippen LogP contribution in [-0.2, 0) is 6.42 Å². The Bertz CT molecular complexity index is 277. The highest BCUT2D eigenvalue weighted by molar-refractivity contribution is 5.03. The first-order valence-corrected chi connectivity index (χ1v) is 5.47. The fraction of sp³-hybridized carbons (Fsp3) is 0.727. The Labute approximate surface area is 84.9 Å². The van der Waals surface area contributed by atoms with Gasteiger partial charge in [-0.15, -0.1) is 0 Å². The maximum Gasteiger partial charge on any atom is 0.137 e. The number of aromatic nitrogens is 1. The molecular weight excluding hydrogens is 176 g/mol. The van der Waals surface area contributed by atoms with Crippen LogP contribution in [-0.4, -0.2) is 18.2 Å². The molecule has 1 N–H and O–H groups in total. The fourth-order valence-electron chi connectivity index (χ4n) is 2.05. The first kappa shape index (κ1) is 9.71. The molecule has 78 valence electrons. The molecule has 1 fully saturated rings. The van der Waals surface area contributed by atoms with Crippen molar-refractivity contribution in [2.75, 3.05) is 13.1 Å². The number of aryl methyl sites for hydroxylation is 2. The Kier molecular flexibility index (Phi) is 3.19. The second kappa shape index (κ2) is 4.60. The molecule has 1 aromatic heterocycles. The summed E-state index contributed by atoms with van der Waals surface area (Å²) in [4.78, 5) is 0. The quantitative estimate of drug-likeness (QED) is 0.798. The predicted molar refractivity (Wildman–Crippen MR) is 55.2 cm³/mol. The summed E-state index contributed by atoms with van der Waals surface area (Å²) in [6, 6.07) is 2.04. The Balaban J connectivity index is 1.76. The molecule has 0 bridgehead atoms. The summed E-state index contributed by atoms with van der Waals surface area (Å²) in [6.07, 6.45) is 4.92. The van der Waals surface area contributed by atoms with Crippen molar-refractivity contribution < 1.29 is 4.52 Å². The highest BCUT2D eigenvalue weighted by Gasteiger charge is 2.13. The topological polar surface area (TPSA) is 38.1 Å². The summed E-state index contributed by atoms with van der Waals surface area (Å²) in [5.74, 6) is 1.92. The monoisotopic (exact) mass is 194 g/mol. The van der Waals surface area contributed by atoms with Crippen LogP contribution in [0.4, 0.5) is 0 Å². The SMILES string of the molecule is Cc1cc(CCC2CCNCC2)on1. The lowest BCUT2D eigenvalue weighted by molar-refractivity contribution is 0.327. The Morgan fingerprint density at radius 2 is 2.29 bits per heavy atom. The van der Waals surface area contributed by atoms with Gasteiger partial charge in [0.15, 0.2) is 0 Å². The van der Waals surface area contributed by atoms with Gasteiger partial charge in [0.25, 0.3) is 0 Å². The molecule has 0 radical (unpaired) electrons. The van der Waals surface area contributed by atoms with Gasteiger partial charge in [0.05, 0.1) is 5.69 Å². The molecular formula is C11H18N2O. The van der Waals surface area contributed by atoms with Crippen LogP contribution in [0.5, 0.6) is 0 Å². The zero-order chi connectivity index (χ0) is 9.80. The Morgan fingerprint density at radius 1 is 1.50 bits per heavy atom. The van der Waals surface area contributed by atoms with E-state index in [0.29, 0.717) is 0 Å². The average Bonchev–Trinajstić information content (AvgIpc) is 2.63. The van der Waals surface area contributed by atoms with Crippen LogP contribution in [0.25, 0.3) is 0 Å². The molecule has 1 aliphatic rings. The van der Waals surface area contributed by atoms with Gasteiger partial charge in [-0.2, -0.15) is 0 Å². The van der Waals surface area contributed by atoms with Gasteiger partial charge in [-0.1, -0.05) is 5.16 Å². The molecule has 0 aromatic carbocycles. The zero-order valence-corrected chi connectivity index (χ0v) is 8.75. The standard InChI is InChI=1S/C11H18N2O/c1-9-8-11(14-13-9)3-2-10-4-6-12-7-5-10/h8,10,12H,2-7H2,1H3. The summed E-state index contributed by atoms with van der Waals surface area (Å²) >= 11 is 0. The van der Waals surface area contributed by atoms with E-state index in [0.717, 1.165) is 23.8 Å². The van der Waals surface area contributed by atoms with Gasteiger partial charge in [-0.05, 0) is 45.2 Å². The van der Waals surface area contributed by atoms with E-state index in [9.17, 15) is 0 Å². The van der Waals surface area contributed by atoms with Gasteiger partial charge in [0.1, 0.15) is 5.76 Å². The first-order valence-electron chi connectivity index (χ1n) is 5.47. The molecule has 3 nitrogen and oxygen atoms in total. The predicted octanol–water partition coefficient (Wildman–Crippen LogP) is 1.92. The largest absolute Gasteiger partial charge is 0.361 e. The normalized spacial score (nSPS) is 18.6. The molecule has 0 saturated carbocycles. The van der Waals surface area contributed by atoms with E-state index in [1.54, 1.807) is 0 Å². The van der Waals surface area contributed by atoms with Crippen LogP contribution in [0.3, 0.4) is 0 Å². The van der Waals surface area contributed by atoms with E-state index >= 15 is 0 Å². The van der Waals surface area contributed by atoms with Crippen molar-refractivity contribution in [1.29, 1.82) is 0 Å². The molecule has 1 aromatic rings. The molecule has 0 spiro atoms. The van der Waals surface area contributed by atoms with Crippen LogP contribution in [0, 0.1) is 12.8 Å². The summed E-state index contributed by atoms with van der Waals surface area (Å²) in [7, 11) is 0. The van der Waals surface area contributed by atoms with Crippen molar-refractivity contribution in [3.05, 3.63) is 17.5 Å². The number of nitrogens with one attached hydrogen (secondary N) is 1. The second-order valence-electron chi connectivity index (χ2n) is 4.17. The third-order valence-corrected chi connectivity index (χ3v) is 2.93. The molecule has 1 saturated heterocycles. The highest BCUT2D eigenvalue weighted by atomic mass is 16.5. The van der Waals surface area contributed by atoms with Crippen molar-refractivity contribution in [2.45, 2.75) is 32.6 Å². The third kappa shape index (κ3) is 2.58. The maximum atomic E-state index is 5.19. The second-order valence-corrected chi connectivity index (χ2v) is 4.17. The summed E-state index contributed by atoms with van der Waals surface area (Å²) in [5.41, 5.74) is 0.991. The minimum atomic E-state index is 0.877. The molecule has 2 heterocycles. The number of hydrogen-bond donors (Lipinski definition) is 1. The lowest BCUT2D eigenvalue weighted by atomic mass is 9.93. The third-order valence-electron chi connectivity index (χ3n) is 2.93. The lowest BCUT2D eigenvalue weighted by Crippen LogP contribution is -2.27. The van der Waals surface area contributed by atoms with E-state index in [1.807, 2.05) is 13.0 Å². The molecule has 14 heavy (non-hydrogen) atoms. The first-order chi connectivity index (χ1) is 6.84.